The van der Waals surface area contributed by atoms with Gasteiger partial charge in [-0.3, -0.25) is 4.79 Å². The molecule has 0 spiro atoms. The third-order valence-corrected chi connectivity index (χ3v) is 3.54. The highest BCUT2D eigenvalue weighted by Gasteiger charge is 2.16. The minimum absolute atomic E-state index is 0.0464. The number of halogens is 2. The smallest absolute Gasteiger partial charge is 0.284 e. The fourth-order valence-electron chi connectivity index (χ4n) is 1.53. The first-order chi connectivity index (χ1) is 8.97. The second-order valence-corrected chi connectivity index (χ2v) is 5.22. The van der Waals surface area contributed by atoms with Crippen molar-refractivity contribution in [3.05, 3.63) is 45.4 Å². The van der Waals surface area contributed by atoms with Crippen molar-refractivity contribution < 1.29 is 9.18 Å². The van der Waals surface area contributed by atoms with Crippen LogP contribution in [-0.4, -0.2) is 27.2 Å². The Labute approximate surface area is 119 Å². The largest absolute Gasteiger partial charge is 0.335 e. The molecule has 0 aliphatic carbocycles. The third kappa shape index (κ3) is 3.27. The molecule has 2 rings (SSSR count). The summed E-state index contributed by atoms with van der Waals surface area (Å²) in [4.78, 5) is 17.6. The summed E-state index contributed by atoms with van der Waals surface area (Å²) in [6, 6.07) is 4.38. The first kappa shape index (κ1) is 13.9. The zero-order valence-electron chi connectivity index (χ0n) is 10.4. The highest BCUT2D eigenvalue weighted by Crippen LogP contribution is 2.17. The number of carbonyl (C=O) groups is 1. The van der Waals surface area contributed by atoms with Crippen molar-refractivity contribution in [2.24, 2.45) is 0 Å². The molecule has 0 atom stereocenters. The van der Waals surface area contributed by atoms with E-state index in [4.69, 9.17) is 11.6 Å². The second kappa shape index (κ2) is 5.63. The Morgan fingerprint density at radius 3 is 2.84 bits per heavy atom. The normalized spacial score (nSPS) is 10.5. The van der Waals surface area contributed by atoms with Crippen molar-refractivity contribution in [1.82, 2.24) is 14.3 Å². The molecule has 0 unspecified atom stereocenters. The Kier molecular flexibility index (Phi) is 4.11. The fourth-order valence-corrected chi connectivity index (χ4v) is 2.40. The maximum absolute atomic E-state index is 13.0. The minimum atomic E-state index is -0.473. The van der Waals surface area contributed by atoms with Gasteiger partial charge in [0, 0.05) is 13.6 Å². The van der Waals surface area contributed by atoms with Gasteiger partial charge in [0.1, 0.15) is 11.6 Å². The van der Waals surface area contributed by atoms with E-state index >= 15 is 0 Å². The summed E-state index contributed by atoms with van der Waals surface area (Å²) >= 11 is 6.76. The van der Waals surface area contributed by atoms with Gasteiger partial charge in [0.05, 0.1) is 5.02 Å². The van der Waals surface area contributed by atoms with E-state index < -0.39 is 5.82 Å². The molecule has 0 aliphatic heterocycles. The van der Waals surface area contributed by atoms with Crippen molar-refractivity contribution in [3.63, 3.8) is 0 Å². The molecule has 0 aliphatic rings. The minimum Gasteiger partial charge on any atom is -0.335 e. The van der Waals surface area contributed by atoms with E-state index in [9.17, 15) is 9.18 Å². The van der Waals surface area contributed by atoms with Crippen LogP contribution in [0.2, 0.25) is 5.02 Å². The molecular weight excluding hydrogens is 289 g/mol. The van der Waals surface area contributed by atoms with Crippen LogP contribution in [0.4, 0.5) is 4.39 Å². The van der Waals surface area contributed by atoms with Crippen molar-refractivity contribution in [3.8, 4) is 0 Å². The third-order valence-electron chi connectivity index (χ3n) is 2.46. The number of nitrogens with zero attached hydrogens (tertiary/aromatic N) is 3. The molecule has 100 valence electrons. The molecule has 0 saturated heterocycles. The number of rotatable bonds is 3. The zero-order valence-corrected chi connectivity index (χ0v) is 11.9. The molecule has 0 fully saturated rings. The van der Waals surface area contributed by atoms with Gasteiger partial charge in [-0.15, -0.1) is 0 Å². The average molecular weight is 300 g/mol. The Hall–Kier alpha value is -1.53. The molecule has 2 aromatic rings. The van der Waals surface area contributed by atoms with Crippen LogP contribution in [0.25, 0.3) is 0 Å². The van der Waals surface area contributed by atoms with E-state index in [2.05, 4.69) is 9.36 Å². The SMILES string of the molecule is Cc1nsc(C(=O)N(C)Cc2ccc(F)c(Cl)c2)n1. The van der Waals surface area contributed by atoms with Crippen LogP contribution in [0.1, 0.15) is 21.2 Å². The van der Waals surface area contributed by atoms with Gasteiger partial charge in [-0.25, -0.2) is 9.37 Å². The lowest BCUT2D eigenvalue weighted by Gasteiger charge is -2.15. The van der Waals surface area contributed by atoms with Gasteiger partial charge < -0.3 is 4.90 Å². The summed E-state index contributed by atoms with van der Waals surface area (Å²) in [6.07, 6.45) is 0. The summed E-state index contributed by atoms with van der Waals surface area (Å²) in [7, 11) is 1.65. The van der Waals surface area contributed by atoms with Crippen LogP contribution >= 0.6 is 23.1 Å². The van der Waals surface area contributed by atoms with Gasteiger partial charge in [-0.1, -0.05) is 17.7 Å². The first-order valence-electron chi connectivity index (χ1n) is 5.47. The molecule has 1 heterocycles. The molecule has 19 heavy (non-hydrogen) atoms. The summed E-state index contributed by atoms with van der Waals surface area (Å²) in [5.74, 6) is -0.114. The second-order valence-electron chi connectivity index (χ2n) is 4.06. The number of amides is 1. The molecule has 7 heteroatoms. The van der Waals surface area contributed by atoms with Gasteiger partial charge in [0.15, 0.2) is 0 Å². The molecular formula is C12H11ClFN3OS. The highest BCUT2D eigenvalue weighted by molar-refractivity contribution is 7.07. The average Bonchev–Trinajstić information content (AvgIpc) is 2.79. The van der Waals surface area contributed by atoms with Crippen LogP contribution < -0.4 is 0 Å². The predicted molar refractivity (Wildman–Crippen MR) is 71.9 cm³/mol. The van der Waals surface area contributed by atoms with Crippen LogP contribution in [0.15, 0.2) is 18.2 Å². The van der Waals surface area contributed by atoms with Crippen LogP contribution in [0, 0.1) is 12.7 Å². The molecule has 0 radical (unpaired) electrons. The monoisotopic (exact) mass is 299 g/mol. The summed E-state index contributed by atoms with van der Waals surface area (Å²) in [5.41, 5.74) is 0.753. The van der Waals surface area contributed by atoms with E-state index in [1.165, 1.54) is 17.0 Å². The van der Waals surface area contributed by atoms with E-state index in [0.717, 1.165) is 17.1 Å². The van der Waals surface area contributed by atoms with Gasteiger partial charge in [-0.05, 0) is 36.2 Å². The van der Waals surface area contributed by atoms with Crippen molar-refractivity contribution in [2.75, 3.05) is 7.05 Å². The quantitative estimate of drug-likeness (QED) is 0.875. The lowest BCUT2D eigenvalue weighted by atomic mass is 10.2. The molecule has 4 nitrogen and oxygen atoms in total. The first-order valence-corrected chi connectivity index (χ1v) is 6.62. The molecule has 1 aromatic carbocycles. The summed E-state index contributed by atoms with van der Waals surface area (Å²) in [5, 5.41) is 0.387. The standard InChI is InChI=1S/C12H11ClFN3OS/c1-7-15-11(19-16-7)12(18)17(2)6-8-3-4-10(14)9(13)5-8/h3-5H,6H2,1-2H3. The number of aromatic nitrogens is 2. The fraction of sp³-hybridized carbons (Fsp3) is 0.250. The van der Waals surface area contributed by atoms with Crippen LogP contribution in [-0.2, 0) is 6.54 Å². The van der Waals surface area contributed by atoms with E-state index in [-0.39, 0.29) is 10.9 Å². The number of aryl methyl sites for hydroxylation is 1. The molecule has 0 bridgehead atoms. The number of carbonyl (C=O) groups excluding carboxylic acids is 1. The number of hydrogen-bond donors (Lipinski definition) is 0. The summed E-state index contributed by atoms with van der Waals surface area (Å²) < 4.78 is 17.0. The van der Waals surface area contributed by atoms with Gasteiger partial charge in [0.25, 0.3) is 5.91 Å². The van der Waals surface area contributed by atoms with E-state index in [1.807, 2.05) is 0 Å². The Morgan fingerprint density at radius 1 is 1.53 bits per heavy atom. The van der Waals surface area contributed by atoms with Gasteiger partial charge >= 0.3 is 0 Å². The van der Waals surface area contributed by atoms with Crippen LogP contribution in [0.5, 0.6) is 0 Å². The number of benzene rings is 1. The molecule has 0 saturated carbocycles. The lowest BCUT2D eigenvalue weighted by Crippen LogP contribution is -2.26. The summed E-state index contributed by atoms with van der Waals surface area (Å²) in [6.45, 7) is 2.06. The molecule has 1 aromatic heterocycles. The Bertz CT molecular complexity index is 617. The topological polar surface area (TPSA) is 46.1 Å². The van der Waals surface area contributed by atoms with Crippen molar-refractivity contribution >= 4 is 29.0 Å². The maximum atomic E-state index is 13.0. The number of hydrogen-bond acceptors (Lipinski definition) is 4. The van der Waals surface area contributed by atoms with Crippen LogP contribution in [0.3, 0.4) is 0 Å². The maximum Gasteiger partial charge on any atom is 0.284 e. The van der Waals surface area contributed by atoms with E-state index in [0.29, 0.717) is 17.4 Å². The van der Waals surface area contributed by atoms with E-state index in [1.54, 1.807) is 20.0 Å². The van der Waals surface area contributed by atoms with Crippen molar-refractivity contribution in [2.45, 2.75) is 13.5 Å². The molecule has 1 amide bonds. The zero-order chi connectivity index (χ0) is 14.0. The Morgan fingerprint density at radius 2 is 2.26 bits per heavy atom. The Balaban J connectivity index is 2.10. The van der Waals surface area contributed by atoms with Gasteiger partial charge in [-0.2, -0.15) is 4.37 Å². The predicted octanol–water partition coefficient (Wildman–Crippen LogP) is 2.91. The van der Waals surface area contributed by atoms with Gasteiger partial charge in [0.2, 0.25) is 5.01 Å². The molecule has 0 N–H and O–H groups in total. The van der Waals surface area contributed by atoms with Crippen molar-refractivity contribution in [1.29, 1.82) is 0 Å². The lowest BCUT2D eigenvalue weighted by molar-refractivity contribution is 0.0784. The highest BCUT2D eigenvalue weighted by atomic mass is 35.5.